The highest BCUT2D eigenvalue weighted by molar-refractivity contribution is 5.31. The van der Waals surface area contributed by atoms with Crippen molar-refractivity contribution in [2.75, 3.05) is 0 Å². The van der Waals surface area contributed by atoms with E-state index in [4.69, 9.17) is 5.73 Å². The van der Waals surface area contributed by atoms with E-state index in [1.54, 1.807) is 6.07 Å². The van der Waals surface area contributed by atoms with Crippen molar-refractivity contribution in [1.29, 1.82) is 0 Å². The van der Waals surface area contributed by atoms with Gasteiger partial charge < -0.3 is 5.73 Å². The Morgan fingerprint density at radius 3 is 2.28 bits per heavy atom. The number of benzene rings is 1. The second kappa shape index (κ2) is 5.31. The van der Waals surface area contributed by atoms with Crippen molar-refractivity contribution in [2.45, 2.75) is 45.3 Å². The van der Waals surface area contributed by atoms with E-state index in [0.717, 1.165) is 12.5 Å². The SMILES string of the molecule is CCC(C)C(C)(N)Cc1ccccc1C(F)(F)F. The van der Waals surface area contributed by atoms with Gasteiger partial charge in [0.1, 0.15) is 0 Å². The Hall–Kier alpha value is -1.03. The highest BCUT2D eigenvalue weighted by Gasteiger charge is 2.35. The van der Waals surface area contributed by atoms with Gasteiger partial charge in [-0.05, 0) is 30.9 Å². The molecule has 2 atom stereocenters. The van der Waals surface area contributed by atoms with Crippen LogP contribution in [0.4, 0.5) is 13.2 Å². The highest BCUT2D eigenvalue weighted by atomic mass is 19.4. The van der Waals surface area contributed by atoms with E-state index in [0.29, 0.717) is 0 Å². The molecule has 0 spiro atoms. The maximum atomic E-state index is 12.9. The Bertz CT molecular complexity index is 396. The van der Waals surface area contributed by atoms with Crippen LogP contribution in [0.25, 0.3) is 0 Å². The topological polar surface area (TPSA) is 26.0 Å². The van der Waals surface area contributed by atoms with Crippen LogP contribution < -0.4 is 5.73 Å². The monoisotopic (exact) mass is 259 g/mol. The van der Waals surface area contributed by atoms with Crippen LogP contribution in [0.15, 0.2) is 24.3 Å². The van der Waals surface area contributed by atoms with Crippen LogP contribution >= 0.6 is 0 Å². The minimum atomic E-state index is -4.32. The summed E-state index contributed by atoms with van der Waals surface area (Å²) >= 11 is 0. The van der Waals surface area contributed by atoms with Crippen molar-refractivity contribution >= 4 is 0 Å². The van der Waals surface area contributed by atoms with Gasteiger partial charge in [0.05, 0.1) is 5.56 Å². The Labute approximate surface area is 106 Å². The Balaban J connectivity index is 3.05. The molecule has 0 amide bonds. The summed E-state index contributed by atoms with van der Waals surface area (Å²) in [4.78, 5) is 0. The molecule has 0 saturated carbocycles. The fourth-order valence-corrected chi connectivity index (χ4v) is 2.00. The van der Waals surface area contributed by atoms with Crippen LogP contribution in [0.5, 0.6) is 0 Å². The molecular weight excluding hydrogens is 239 g/mol. The van der Waals surface area contributed by atoms with Crippen LogP contribution in [-0.4, -0.2) is 5.54 Å². The summed E-state index contributed by atoms with van der Waals surface area (Å²) in [5.41, 5.74) is 5.21. The zero-order valence-electron chi connectivity index (χ0n) is 11.0. The van der Waals surface area contributed by atoms with Gasteiger partial charge in [-0.2, -0.15) is 13.2 Å². The third-order valence-corrected chi connectivity index (χ3v) is 3.63. The van der Waals surface area contributed by atoms with Crippen LogP contribution in [0.3, 0.4) is 0 Å². The standard InChI is InChI=1S/C14H20F3N/c1-4-10(2)13(3,18)9-11-7-5-6-8-12(11)14(15,16)17/h5-8,10H,4,9,18H2,1-3H3. The summed E-state index contributed by atoms with van der Waals surface area (Å²) < 4.78 is 38.6. The average Bonchev–Trinajstić information content (AvgIpc) is 2.26. The normalized spacial score (nSPS) is 17.3. The average molecular weight is 259 g/mol. The van der Waals surface area contributed by atoms with Crippen molar-refractivity contribution < 1.29 is 13.2 Å². The lowest BCUT2D eigenvalue weighted by molar-refractivity contribution is -0.138. The molecule has 18 heavy (non-hydrogen) atoms. The molecule has 1 nitrogen and oxygen atoms in total. The summed E-state index contributed by atoms with van der Waals surface area (Å²) in [5, 5.41) is 0. The number of hydrogen-bond donors (Lipinski definition) is 1. The molecule has 1 aromatic carbocycles. The molecule has 0 heterocycles. The van der Waals surface area contributed by atoms with Crippen molar-refractivity contribution in [1.82, 2.24) is 0 Å². The molecule has 0 aliphatic heterocycles. The second-order valence-corrected chi connectivity index (χ2v) is 5.15. The molecule has 2 N–H and O–H groups in total. The first kappa shape index (κ1) is 15.0. The van der Waals surface area contributed by atoms with Crippen LogP contribution in [-0.2, 0) is 12.6 Å². The predicted molar refractivity (Wildman–Crippen MR) is 67.2 cm³/mol. The maximum absolute atomic E-state index is 12.9. The number of rotatable bonds is 4. The fourth-order valence-electron chi connectivity index (χ4n) is 2.00. The van der Waals surface area contributed by atoms with Gasteiger partial charge in [0.25, 0.3) is 0 Å². The maximum Gasteiger partial charge on any atom is 0.416 e. The molecule has 0 aliphatic rings. The second-order valence-electron chi connectivity index (χ2n) is 5.15. The number of hydrogen-bond acceptors (Lipinski definition) is 1. The van der Waals surface area contributed by atoms with Gasteiger partial charge in [-0.25, -0.2) is 0 Å². The lowest BCUT2D eigenvalue weighted by Gasteiger charge is -2.32. The third-order valence-electron chi connectivity index (χ3n) is 3.63. The van der Waals surface area contributed by atoms with Gasteiger partial charge in [0.15, 0.2) is 0 Å². The van der Waals surface area contributed by atoms with Crippen LogP contribution in [0.1, 0.15) is 38.3 Å². The van der Waals surface area contributed by atoms with E-state index in [9.17, 15) is 13.2 Å². The van der Waals surface area contributed by atoms with E-state index in [1.165, 1.54) is 12.1 Å². The summed E-state index contributed by atoms with van der Waals surface area (Å²) in [5.74, 6) is 0.166. The van der Waals surface area contributed by atoms with Crippen molar-refractivity contribution in [3.63, 3.8) is 0 Å². The first-order chi connectivity index (χ1) is 8.18. The van der Waals surface area contributed by atoms with Gasteiger partial charge in [-0.15, -0.1) is 0 Å². The molecule has 4 heteroatoms. The summed E-state index contributed by atoms with van der Waals surface area (Å²) in [6.07, 6.45) is -3.24. The number of halogens is 3. The third kappa shape index (κ3) is 3.48. The smallest absolute Gasteiger partial charge is 0.325 e. The first-order valence-electron chi connectivity index (χ1n) is 6.12. The van der Waals surface area contributed by atoms with Crippen LogP contribution in [0, 0.1) is 5.92 Å². The molecule has 102 valence electrons. The Morgan fingerprint density at radius 2 is 1.78 bits per heavy atom. The van der Waals surface area contributed by atoms with Crippen molar-refractivity contribution in [3.05, 3.63) is 35.4 Å². The van der Waals surface area contributed by atoms with Gasteiger partial charge in [-0.1, -0.05) is 38.5 Å². The summed E-state index contributed by atoms with van der Waals surface area (Å²) in [6, 6.07) is 5.65. The molecule has 0 fully saturated rings. The van der Waals surface area contributed by atoms with Crippen molar-refractivity contribution in [2.24, 2.45) is 11.7 Å². The lowest BCUT2D eigenvalue weighted by Crippen LogP contribution is -2.45. The van der Waals surface area contributed by atoms with E-state index in [2.05, 4.69) is 0 Å². The number of nitrogens with two attached hydrogens (primary N) is 1. The highest BCUT2D eigenvalue weighted by Crippen LogP contribution is 2.34. The van der Waals surface area contributed by atoms with Crippen molar-refractivity contribution in [3.8, 4) is 0 Å². The van der Waals surface area contributed by atoms with Gasteiger partial charge >= 0.3 is 6.18 Å². The molecule has 0 aliphatic carbocycles. The molecule has 1 aromatic rings. The molecule has 0 bridgehead atoms. The predicted octanol–water partition coefficient (Wildman–Crippen LogP) is 4.01. The van der Waals surface area contributed by atoms with E-state index in [-0.39, 0.29) is 17.9 Å². The Kier molecular flexibility index (Phi) is 4.43. The fraction of sp³-hybridized carbons (Fsp3) is 0.571. The molecular formula is C14H20F3N. The molecule has 0 saturated heterocycles. The molecule has 2 unspecified atom stereocenters. The zero-order valence-corrected chi connectivity index (χ0v) is 11.0. The van der Waals surface area contributed by atoms with Gasteiger partial charge in [0, 0.05) is 5.54 Å². The number of alkyl halides is 3. The summed E-state index contributed by atoms with van der Waals surface area (Å²) in [6.45, 7) is 5.77. The first-order valence-corrected chi connectivity index (χ1v) is 6.12. The minimum Gasteiger partial charge on any atom is -0.325 e. The van der Waals surface area contributed by atoms with E-state index in [1.807, 2.05) is 20.8 Å². The lowest BCUT2D eigenvalue weighted by atomic mass is 9.80. The Morgan fingerprint density at radius 1 is 1.22 bits per heavy atom. The molecule has 0 aromatic heterocycles. The molecule has 1 rings (SSSR count). The van der Waals surface area contributed by atoms with Gasteiger partial charge in [0.2, 0.25) is 0 Å². The quantitative estimate of drug-likeness (QED) is 0.868. The summed E-state index contributed by atoms with van der Waals surface area (Å²) in [7, 11) is 0. The largest absolute Gasteiger partial charge is 0.416 e. The zero-order chi connectivity index (χ0) is 14.0. The van der Waals surface area contributed by atoms with Gasteiger partial charge in [-0.3, -0.25) is 0 Å². The van der Waals surface area contributed by atoms with Crippen LogP contribution in [0.2, 0.25) is 0 Å². The van der Waals surface area contributed by atoms with E-state index >= 15 is 0 Å². The molecule has 0 radical (unpaired) electrons. The van der Waals surface area contributed by atoms with E-state index < -0.39 is 17.3 Å². The minimum absolute atomic E-state index is 0.166.